The van der Waals surface area contributed by atoms with E-state index in [1.165, 1.54) is 12.8 Å². The van der Waals surface area contributed by atoms with E-state index in [4.69, 9.17) is 23.2 Å². The summed E-state index contributed by atoms with van der Waals surface area (Å²) in [5.74, 6) is 0.883. The van der Waals surface area contributed by atoms with Crippen LogP contribution < -0.4 is 5.32 Å². The number of rotatable bonds is 5. The second-order valence-electron chi connectivity index (χ2n) is 5.73. The summed E-state index contributed by atoms with van der Waals surface area (Å²) in [6.45, 7) is 2.73. The molecule has 0 spiro atoms. The predicted octanol–water partition coefficient (Wildman–Crippen LogP) is 3.73. The van der Waals surface area contributed by atoms with Crippen LogP contribution in [0.4, 0.5) is 0 Å². The fourth-order valence-electron chi connectivity index (χ4n) is 2.69. The van der Waals surface area contributed by atoms with Gasteiger partial charge in [-0.25, -0.2) is 0 Å². The molecule has 0 aromatic heterocycles. The third-order valence-corrected chi connectivity index (χ3v) is 4.79. The van der Waals surface area contributed by atoms with Gasteiger partial charge in [0.1, 0.15) is 0 Å². The zero-order valence-corrected chi connectivity index (χ0v) is 13.9. The number of benzene rings is 1. The van der Waals surface area contributed by atoms with E-state index < -0.39 is 0 Å². The maximum absolute atomic E-state index is 12.2. The monoisotopic (exact) mass is 328 g/mol. The molecule has 0 radical (unpaired) electrons. The quantitative estimate of drug-likeness (QED) is 0.893. The largest absolute Gasteiger partial charge is 0.341 e. The number of carbonyl (C=O) groups excluding carboxylic acids is 1. The number of hydrogen-bond acceptors (Lipinski definition) is 2. The molecule has 1 N–H and O–H groups in total. The lowest BCUT2D eigenvalue weighted by atomic mass is 9.93. The number of carbonyl (C=O) groups is 1. The summed E-state index contributed by atoms with van der Waals surface area (Å²) in [4.78, 5) is 14.0. The lowest BCUT2D eigenvalue weighted by molar-refractivity contribution is -0.130. The third kappa shape index (κ3) is 5.17. The van der Waals surface area contributed by atoms with Crippen molar-refractivity contribution in [2.75, 3.05) is 20.1 Å². The molecule has 1 amide bonds. The fraction of sp³-hybridized carbons (Fsp3) is 0.562. The van der Waals surface area contributed by atoms with E-state index in [2.05, 4.69) is 5.32 Å². The van der Waals surface area contributed by atoms with Crippen LogP contribution in [0.15, 0.2) is 18.2 Å². The minimum Gasteiger partial charge on any atom is -0.341 e. The SMILES string of the molecule is CN(Cc1ccc(Cl)c(Cl)c1)C(=O)CCC1CCNCC1. The number of nitrogens with zero attached hydrogens (tertiary/aromatic N) is 1. The van der Waals surface area contributed by atoms with E-state index in [1.54, 1.807) is 11.0 Å². The Hall–Kier alpha value is -0.770. The molecule has 3 nitrogen and oxygen atoms in total. The Morgan fingerprint density at radius 1 is 1.29 bits per heavy atom. The Labute approximate surface area is 136 Å². The Balaban J connectivity index is 1.79. The van der Waals surface area contributed by atoms with Gasteiger partial charge in [0, 0.05) is 20.0 Å². The summed E-state index contributed by atoms with van der Waals surface area (Å²) in [6, 6.07) is 5.50. The van der Waals surface area contributed by atoms with Crippen molar-refractivity contribution in [1.29, 1.82) is 0 Å². The molecule has 1 aliphatic rings. The molecule has 0 bridgehead atoms. The van der Waals surface area contributed by atoms with Gasteiger partial charge in [-0.05, 0) is 56.0 Å². The maximum atomic E-state index is 12.2. The zero-order chi connectivity index (χ0) is 15.2. The molecule has 1 fully saturated rings. The molecule has 0 aliphatic carbocycles. The molecule has 116 valence electrons. The molecule has 0 saturated carbocycles. The Morgan fingerprint density at radius 3 is 2.67 bits per heavy atom. The van der Waals surface area contributed by atoms with Crippen LogP contribution in [0.2, 0.25) is 10.0 Å². The molecule has 2 rings (SSSR count). The lowest BCUT2D eigenvalue weighted by Crippen LogP contribution is -2.30. The van der Waals surface area contributed by atoms with Crippen LogP contribution >= 0.6 is 23.2 Å². The second-order valence-corrected chi connectivity index (χ2v) is 6.54. The first kappa shape index (κ1) is 16.6. The van der Waals surface area contributed by atoms with Gasteiger partial charge in [0.15, 0.2) is 0 Å². The van der Waals surface area contributed by atoms with Gasteiger partial charge in [-0.15, -0.1) is 0 Å². The van der Waals surface area contributed by atoms with Crippen LogP contribution in [0.1, 0.15) is 31.2 Å². The van der Waals surface area contributed by atoms with Crippen LogP contribution in [0, 0.1) is 5.92 Å². The van der Waals surface area contributed by atoms with E-state index in [-0.39, 0.29) is 5.91 Å². The minimum atomic E-state index is 0.194. The van der Waals surface area contributed by atoms with Crippen molar-refractivity contribution in [1.82, 2.24) is 10.2 Å². The summed E-state index contributed by atoms with van der Waals surface area (Å²) in [5.41, 5.74) is 1.00. The molecular formula is C16H22Cl2N2O. The van der Waals surface area contributed by atoms with Crippen molar-refractivity contribution in [3.63, 3.8) is 0 Å². The first-order valence-corrected chi connectivity index (χ1v) is 8.20. The second kappa shape index (κ2) is 8.02. The van der Waals surface area contributed by atoms with E-state index in [0.29, 0.717) is 28.9 Å². The normalized spacial score (nSPS) is 16.0. The first-order valence-electron chi connectivity index (χ1n) is 7.45. The highest BCUT2D eigenvalue weighted by molar-refractivity contribution is 6.42. The van der Waals surface area contributed by atoms with Crippen LogP contribution in [-0.4, -0.2) is 30.9 Å². The topological polar surface area (TPSA) is 32.3 Å². The van der Waals surface area contributed by atoms with Gasteiger partial charge in [0.25, 0.3) is 0 Å². The van der Waals surface area contributed by atoms with Crippen molar-refractivity contribution in [2.45, 2.75) is 32.2 Å². The highest BCUT2D eigenvalue weighted by Gasteiger charge is 2.16. The highest BCUT2D eigenvalue weighted by atomic mass is 35.5. The average Bonchev–Trinajstić information content (AvgIpc) is 2.49. The molecule has 1 saturated heterocycles. The van der Waals surface area contributed by atoms with Crippen molar-refractivity contribution in [3.8, 4) is 0 Å². The van der Waals surface area contributed by atoms with Gasteiger partial charge in [-0.2, -0.15) is 0 Å². The van der Waals surface area contributed by atoms with Crippen LogP contribution in [0.3, 0.4) is 0 Å². The maximum Gasteiger partial charge on any atom is 0.222 e. The van der Waals surface area contributed by atoms with Crippen molar-refractivity contribution in [2.24, 2.45) is 5.92 Å². The summed E-state index contributed by atoms with van der Waals surface area (Å²) in [6.07, 6.45) is 3.99. The first-order chi connectivity index (χ1) is 10.1. The molecule has 1 aliphatic heterocycles. The number of halogens is 2. The molecule has 1 heterocycles. The number of amides is 1. The smallest absolute Gasteiger partial charge is 0.222 e. The highest BCUT2D eigenvalue weighted by Crippen LogP contribution is 2.23. The molecule has 21 heavy (non-hydrogen) atoms. The van der Waals surface area contributed by atoms with E-state index >= 15 is 0 Å². The van der Waals surface area contributed by atoms with Crippen molar-refractivity contribution < 1.29 is 4.79 Å². The summed E-state index contributed by atoms with van der Waals surface area (Å²) >= 11 is 11.9. The minimum absolute atomic E-state index is 0.194. The Kier molecular flexibility index (Phi) is 6.34. The van der Waals surface area contributed by atoms with E-state index in [1.807, 2.05) is 19.2 Å². The molecule has 0 unspecified atom stereocenters. The Bertz CT molecular complexity index is 487. The number of piperidine rings is 1. The third-order valence-electron chi connectivity index (χ3n) is 4.05. The van der Waals surface area contributed by atoms with Crippen molar-refractivity contribution in [3.05, 3.63) is 33.8 Å². The van der Waals surface area contributed by atoms with Gasteiger partial charge in [-0.3, -0.25) is 4.79 Å². The predicted molar refractivity (Wildman–Crippen MR) is 87.8 cm³/mol. The van der Waals surface area contributed by atoms with Gasteiger partial charge < -0.3 is 10.2 Å². The molecule has 0 atom stereocenters. The molecule has 5 heteroatoms. The van der Waals surface area contributed by atoms with Crippen LogP contribution in [-0.2, 0) is 11.3 Å². The average molecular weight is 329 g/mol. The van der Waals surface area contributed by atoms with Crippen LogP contribution in [0.25, 0.3) is 0 Å². The Morgan fingerprint density at radius 2 is 2.00 bits per heavy atom. The lowest BCUT2D eigenvalue weighted by Gasteiger charge is -2.23. The van der Waals surface area contributed by atoms with Gasteiger partial charge in [0.2, 0.25) is 5.91 Å². The van der Waals surface area contributed by atoms with Gasteiger partial charge in [0.05, 0.1) is 10.0 Å². The summed E-state index contributed by atoms with van der Waals surface area (Å²) < 4.78 is 0. The summed E-state index contributed by atoms with van der Waals surface area (Å²) in [5, 5.41) is 4.42. The van der Waals surface area contributed by atoms with Crippen molar-refractivity contribution >= 4 is 29.1 Å². The van der Waals surface area contributed by atoms with E-state index in [9.17, 15) is 4.79 Å². The zero-order valence-electron chi connectivity index (χ0n) is 12.4. The van der Waals surface area contributed by atoms with Gasteiger partial charge >= 0.3 is 0 Å². The van der Waals surface area contributed by atoms with Gasteiger partial charge in [-0.1, -0.05) is 29.3 Å². The molecule has 1 aromatic carbocycles. The molecule has 1 aromatic rings. The molecular weight excluding hydrogens is 307 g/mol. The summed E-state index contributed by atoms with van der Waals surface area (Å²) in [7, 11) is 1.84. The van der Waals surface area contributed by atoms with Crippen LogP contribution in [0.5, 0.6) is 0 Å². The number of nitrogens with one attached hydrogen (secondary N) is 1. The number of hydrogen-bond donors (Lipinski definition) is 1. The standard InChI is InChI=1S/C16H22Cl2N2O/c1-20(11-13-2-4-14(17)15(18)10-13)16(21)5-3-12-6-8-19-9-7-12/h2,4,10,12,19H,3,5-9,11H2,1H3. The fourth-order valence-corrected chi connectivity index (χ4v) is 3.01. The van der Waals surface area contributed by atoms with E-state index in [0.717, 1.165) is 25.1 Å².